The summed E-state index contributed by atoms with van der Waals surface area (Å²) in [5.74, 6) is 2.78. The van der Waals surface area contributed by atoms with E-state index in [4.69, 9.17) is 9.26 Å². The van der Waals surface area contributed by atoms with Gasteiger partial charge in [-0.1, -0.05) is 17.3 Å². The number of hydrogen-bond acceptors (Lipinski definition) is 6. The van der Waals surface area contributed by atoms with E-state index in [1.165, 1.54) is 23.5 Å². The molecule has 1 aliphatic rings. The summed E-state index contributed by atoms with van der Waals surface area (Å²) in [7, 11) is 0. The fourth-order valence-electron chi connectivity index (χ4n) is 2.17. The highest BCUT2D eigenvalue weighted by molar-refractivity contribution is 8.16. The van der Waals surface area contributed by atoms with Crippen LogP contribution in [0.5, 0.6) is 0 Å². The van der Waals surface area contributed by atoms with Gasteiger partial charge in [-0.2, -0.15) is 0 Å². The minimum atomic E-state index is -0.337. The molecule has 0 radical (unpaired) electrons. The molecule has 1 aliphatic heterocycles. The lowest BCUT2D eigenvalue weighted by Crippen LogP contribution is -2.06. The minimum absolute atomic E-state index is 0.131. The molecule has 1 fully saturated rings. The van der Waals surface area contributed by atoms with Crippen molar-refractivity contribution in [3.8, 4) is 0 Å². The summed E-state index contributed by atoms with van der Waals surface area (Å²) < 4.78 is 10.7. The second kappa shape index (κ2) is 7.24. The van der Waals surface area contributed by atoms with Crippen LogP contribution in [0, 0.1) is 6.92 Å². The van der Waals surface area contributed by atoms with Gasteiger partial charge in [-0.25, -0.2) is 4.79 Å². The average Bonchev–Trinajstić information content (AvgIpc) is 2.99. The quantitative estimate of drug-likeness (QED) is 0.780. The van der Waals surface area contributed by atoms with Crippen molar-refractivity contribution in [1.82, 2.24) is 5.16 Å². The molecular weight excluding hydrogens is 318 g/mol. The number of benzene rings is 1. The Morgan fingerprint density at radius 3 is 2.68 bits per heavy atom. The van der Waals surface area contributed by atoms with Crippen LogP contribution in [-0.2, 0) is 11.3 Å². The summed E-state index contributed by atoms with van der Waals surface area (Å²) in [6.07, 6.45) is 1.28. The number of rotatable bonds is 4. The predicted molar refractivity (Wildman–Crippen MR) is 89.1 cm³/mol. The van der Waals surface area contributed by atoms with Crippen LogP contribution in [-0.4, -0.2) is 22.6 Å². The van der Waals surface area contributed by atoms with Gasteiger partial charge in [0.1, 0.15) is 18.1 Å². The van der Waals surface area contributed by atoms with Crippen molar-refractivity contribution in [2.45, 2.75) is 24.5 Å². The van der Waals surface area contributed by atoms with Crippen molar-refractivity contribution in [2.24, 2.45) is 0 Å². The highest BCUT2D eigenvalue weighted by Gasteiger charge is 2.17. The number of esters is 1. The fourth-order valence-corrected chi connectivity index (χ4v) is 5.06. The summed E-state index contributed by atoms with van der Waals surface area (Å²) in [5, 5.41) is 3.80. The monoisotopic (exact) mass is 335 g/mol. The van der Waals surface area contributed by atoms with Gasteiger partial charge in [0.25, 0.3) is 0 Å². The number of carbonyl (C=O) groups excluding carboxylic acids is 1. The van der Waals surface area contributed by atoms with Gasteiger partial charge in [-0.15, -0.1) is 23.5 Å². The second-order valence-electron chi connectivity index (χ2n) is 5.05. The third-order valence-corrected chi connectivity index (χ3v) is 6.29. The van der Waals surface area contributed by atoms with Gasteiger partial charge in [-0.05, 0) is 42.5 Å². The van der Waals surface area contributed by atoms with Gasteiger partial charge in [0.2, 0.25) is 0 Å². The Morgan fingerprint density at radius 1 is 1.32 bits per heavy atom. The summed E-state index contributed by atoms with van der Waals surface area (Å²) in [5.41, 5.74) is 2.45. The predicted octanol–water partition coefficient (Wildman–Crippen LogP) is 4.21. The van der Waals surface area contributed by atoms with E-state index < -0.39 is 0 Å². The fraction of sp³-hybridized carbons (Fsp3) is 0.375. The van der Waals surface area contributed by atoms with E-state index >= 15 is 0 Å². The molecule has 0 amide bonds. The van der Waals surface area contributed by atoms with E-state index in [1.807, 2.05) is 47.8 Å². The van der Waals surface area contributed by atoms with Gasteiger partial charge in [0.15, 0.2) is 0 Å². The Balaban J connectivity index is 1.58. The van der Waals surface area contributed by atoms with Crippen molar-refractivity contribution in [3.63, 3.8) is 0 Å². The molecule has 6 heteroatoms. The van der Waals surface area contributed by atoms with Crippen molar-refractivity contribution in [1.29, 1.82) is 0 Å². The van der Waals surface area contributed by atoms with Crippen LogP contribution in [0.2, 0.25) is 0 Å². The van der Waals surface area contributed by atoms with Crippen LogP contribution in [0.15, 0.2) is 34.9 Å². The number of ether oxygens (including phenoxy) is 1. The van der Waals surface area contributed by atoms with Crippen molar-refractivity contribution in [2.75, 3.05) is 11.5 Å². The molecule has 4 nitrogen and oxygen atoms in total. The van der Waals surface area contributed by atoms with Crippen LogP contribution in [0.4, 0.5) is 0 Å². The third kappa shape index (κ3) is 3.87. The molecular formula is C16H17NO3S2. The van der Waals surface area contributed by atoms with E-state index in [9.17, 15) is 4.79 Å². The largest absolute Gasteiger partial charge is 0.455 e. The highest BCUT2D eigenvalue weighted by atomic mass is 32.2. The van der Waals surface area contributed by atoms with E-state index in [2.05, 4.69) is 5.16 Å². The van der Waals surface area contributed by atoms with Crippen LogP contribution in [0.1, 0.15) is 38.4 Å². The minimum Gasteiger partial charge on any atom is -0.455 e. The topological polar surface area (TPSA) is 52.3 Å². The highest BCUT2D eigenvalue weighted by Crippen LogP contribution is 2.43. The van der Waals surface area contributed by atoms with Crippen LogP contribution in [0.3, 0.4) is 0 Å². The lowest BCUT2D eigenvalue weighted by molar-refractivity contribution is 0.0464. The number of nitrogens with zero attached hydrogens (tertiary/aromatic N) is 1. The third-order valence-electron chi connectivity index (χ3n) is 3.27. The molecule has 22 heavy (non-hydrogen) atoms. The Bertz CT molecular complexity index is 633. The van der Waals surface area contributed by atoms with E-state index in [1.54, 1.807) is 13.0 Å². The summed E-state index contributed by atoms with van der Waals surface area (Å²) in [4.78, 5) is 12.0. The zero-order valence-electron chi connectivity index (χ0n) is 12.3. The lowest BCUT2D eigenvalue weighted by Gasteiger charge is -2.21. The summed E-state index contributed by atoms with van der Waals surface area (Å²) in [6, 6.07) is 9.47. The van der Waals surface area contributed by atoms with Gasteiger partial charge in [0.05, 0.1) is 10.1 Å². The van der Waals surface area contributed by atoms with Crippen LogP contribution in [0.25, 0.3) is 0 Å². The van der Waals surface area contributed by atoms with Gasteiger partial charge in [-0.3, -0.25) is 0 Å². The van der Waals surface area contributed by atoms with Gasteiger partial charge >= 0.3 is 5.97 Å². The molecule has 116 valence electrons. The first-order valence-electron chi connectivity index (χ1n) is 7.15. The maximum Gasteiger partial charge on any atom is 0.338 e. The molecule has 1 aromatic carbocycles. The first kappa shape index (κ1) is 15.5. The molecule has 1 aromatic heterocycles. The van der Waals surface area contributed by atoms with E-state index in [0.717, 1.165) is 0 Å². The SMILES string of the molecule is Cc1cc(COC(=O)c2ccc(C3SCCCS3)cc2)no1. The Morgan fingerprint density at radius 2 is 2.05 bits per heavy atom. The molecule has 0 saturated carbocycles. The Kier molecular flexibility index (Phi) is 5.10. The van der Waals surface area contributed by atoms with E-state index in [0.29, 0.717) is 21.6 Å². The number of hydrogen-bond donors (Lipinski definition) is 0. The van der Waals surface area contributed by atoms with Crippen molar-refractivity contribution in [3.05, 3.63) is 52.9 Å². The number of thioether (sulfide) groups is 2. The molecule has 0 unspecified atom stereocenters. The molecule has 1 saturated heterocycles. The number of carbonyl (C=O) groups is 1. The first-order chi connectivity index (χ1) is 10.7. The molecule has 0 N–H and O–H groups in total. The number of aryl methyl sites for hydroxylation is 1. The standard InChI is InChI=1S/C16H17NO3S2/c1-11-9-14(17-20-11)10-19-15(18)12-3-5-13(6-4-12)16-21-7-2-8-22-16/h3-6,9,16H,2,7-8,10H2,1H3. The molecule has 3 rings (SSSR count). The Labute approximate surface area is 138 Å². The molecule has 2 heterocycles. The maximum absolute atomic E-state index is 12.0. The molecule has 2 aromatic rings. The second-order valence-corrected chi connectivity index (χ2v) is 7.78. The van der Waals surface area contributed by atoms with E-state index in [-0.39, 0.29) is 12.6 Å². The summed E-state index contributed by atoms with van der Waals surface area (Å²) in [6.45, 7) is 1.94. The van der Waals surface area contributed by atoms with Crippen LogP contribution >= 0.6 is 23.5 Å². The van der Waals surface area contributed by atoms with Gasteiger partial charge in [0, 0.05) is 6.07 Å². The molecule has 0 spiro atoms. The van der Waals surface area contributed by atoms with Crippen molar-refractivity contribution >= 4 is 29.5 Å². The first-order valence-corrected chi connectivity index (χ1v) is 9.24. The average molecular weight is 335 g/mol. The summed E-state index contributed by atoms with van der Waals surface area (Å²) >= 11 is 3.94. The molecule has 0 bridgehead atoms. The zero-order valence-corrected chi connectivity index (χ0v) is 13.9. The van der Waals surface area contributed by atoms with Crippen molar-refractivity contribution < 1.29 is 14.1 Å². The van der Waals surface area contributed by atoms with Crippen LogP contribution < -0.4 is 0 Å². The zero-order chi connectivity index (χ0) is 15.4. The smallest absolute Gasteiger partial charge is 0.338 e. The lowest BCUT2D eigenvalue weighted by atomic mass is 10.1. The number of aromatic nitrogens is 1. The normalized spacial score (nSPS) is 15.7. The Hall–Kier alpha value is -1.40. The molecule has 0 aliphatic carbocycles. The van der Waals surface area contributed by atoms with Gasteiger partial charge < -0.3 is 9.26 Å². The molecule has 0 atom stereocenters. The maximum atomic E-state index is 12.0.